The highest BCUT2D eigenvalue weighted by Gasteiger charge is 2.34. The fourth-order valence-corrected chi connectivity index (χ4v) is 3.70. The molecule has 5 nitrogen and oxygen atoms in total. The molecular weight excluding hydrogens is 322 g/mol. The van der Waals surface area contributed by atoms with Crippen molar-refractivity contribution in [1.29, 1.82) is 0 Å². The molecule has 1 aliphatic heterocycles. The van der Waals surface area contributed by atoms with Gasteiger partial charge in [0, 0.05) is 24.9 Å². The van der Waals surface area contributed by atoms with E-state index >= 15 is 0 Å². The van der Waals surface area contributed by atoms with Crippen molar-refractivity contribution in [3.05, 3.63) is 52.0 Å². The molecule has 1 aliphatic rings. The lowest BCUT2D eigenvalue weighted by molar-refractivity contribution is -0.127. The SMILES string of the molecule is CC(C)c1csc(C(=O)N2CCNC(=O)C2Cc2ccccc2)n1. The minimum atomic E-state index is -0.486. The molecule has 2 heterocycles. The number of nitrogens with zero attached hydrogens (tertiary/aromatic N) is 2. The van der Waals surface area contributed by atoms with E-state index in [1.165, 1.54) is 11.3 Å². The van der Waals surface area contributed by atoms with Crippen LogP contribution in [0.3, 0.4) is 0 Å². The predicted molar refractivity (Wildman–Crippen MR) is 94.2 cm³/mol. The van der Waals surface area contributed by atoms with Crippen molar-refractivity contribution in [3.8, 4) is 0 Å². The topological polar surface area (TPSA) is 62.3 Å². The van der Waals surface area contributed by atoms with Gasteiger partial charge in [-0.25, -0.2) is 4.98 Å². The van der Waals surface area contributed by atoms with E-state index in [9.17, 15) is 9.59 Å². The molecule has 1 aromatic heterocycles. The molecule has 1 saturated heterocycles. The third kappa shape index (κ3) is 3.48. The van der Waals surface area contributed by atoms with Crippen LogP contribution < -0.4 is 5.32 Å². The van der Waals surface area contributed by atoms with Gasteiger partial charge in [0.25, 0.3) is 5.91 Å². The molecule has 1 atom stereocenters. The van der Waals surface area contributed by atoms with Gasteiger partial charge in [0.15, 0.2) is 5.01 Å². The molecule has 0 aliphatic carbocycles. The van der Waals surface area contributed by atoms with Gasteiger partial charge in [-0.1, -0.05) is 44.2 Å². The van der Waals surface area contributed by atoms with Gasteiger partial charge in [0.2, 0.25) is 5.91 Å². The highest BCUT2D eigenvalue weighted by atomic mass is 32.1. The second-order valence-electron chi connectivity index (χ2n) is 6.23. The van der Waals surface area contributed by atoms with E-state index in [-0.39, 0.29) is 17.7 Å². The number of amides is 2. The fraction of sp³-hybridized carbons (Fsp3) is 0.389. The summed E-state index contributed by atoms with van der Waals surface area (Å²) in [6.45, 7) is 5.10. The highest BCUT2D eigenvalue weighted by Crippen LogP contribution is 2.21. The van der Waals surface area contributed by atoms with E-state index in [1.54, 1.807) is 4.90 Å². The van der Waals surface area contributed by atoms with E-state index in [0.717, 1.165) is 11.3 Å². The van der Waals surface area contributed by atoms with Crippen molar-refractivity contribution >= 4 is 23.2 Å². The number of thiazole rings is 1. The van der Waals surface area contributed by atoms with Crippen LogP contribution >= 0.6 is 11.3 Å². The van der Waals surface area contributed by atoms with Crippen molar-refractivity contribution in [2.75, 3.05) is 13.1 Å². The lowest BCUT2D eigenvalue weighted by Crippen LogP contribution is -2.58. The lowest BCUT2D eigenvalue weighted by atomic mass is 10.0. The molecule has 2 aromatic rings. The first-order chi connectivity index (χ1) is 11.6. The van der Waals surface area contributed by atoms with Crippen molar-refractivity contribution in [3.63, 3.8) is 0 Å². The molecule has 0 bridgehead atoms. The zero-order valence-electron chi connectivity index (χ0n) is 13.9. The Morgan fingerprint density at radius 1 is 1.38 bits per heavy atom. The normalized spacial score (nSPS) is 17.9. The van der Waals surface area contributed by atoms with E-state index in [1.807, 2.05) is 35.7 Å². The summed E-state index contributed by atoms with van der Waals surface area (Å²) >= 11 is 1.36. The first kappa shape index (κ1) is 16.6. The number of piperazine rings is 1. The number of aromatic nitrogens is 1. The average Bonchev–Trinajstić information content (AvgIpc) is 3.07. The van der Waals surface area contributed by atoms with Crippen LogP contribution in [-0.2, 0) is 11.2 Å². The maximum absolute atomic E-state index is 12.9. The number of rotatable bonds is 4. The smallest absolute Gasteiger partial charge is 0.283 e. The van der Waals surface area contributed by atoms with Gasteiger partial charge in [-0.15, -0.1) is 11.3 Å². The summed E-state index contributed by atoms with van der Waals surface area (Å²) in [6, 6.07) is 9.29. The van der Waals surface area contributed by atoms with Gasteiger partial charge in [0.05, 0.1) is 5.69 Å². The molecule has 3 rings (SSSR count). The molecule has 1 aromatic carbocycles. The molecule has 0 saturated carbocycles. The molecule has 24 heavy (non-hydrogen) atoms. The number of nitrogens with one attached hydrogen (secondary N) is 1. The summed E-state index contributed by atoms with van der Waals surface area (Å²) in [4.78, 5) is 31.3. The van der Waals surface area contributed by atoms with Gasteiger partial charge in [0.1, 0.15) is 6.04 Å². The number of carbonyl (C=O) groups excluding carboxylic acids is 2. The number of benzene rings is 1. The van der Waals surface area contributed by atoms with Crippen molar-refractivity contribution in [2.45, 2.75) is 32.2 Å². The summed E-state index contributed by atoms with van der Waals surface area (Å²) in [6.07, 6.45) is 0.515. The number of hydrogen-bond donors (Lipinski definition) is 1. The van der Waals surface area contributed by atoms with E-state index < -0.39 is 6.04 Å². The van der Waals surface area contributed by atoms with Gasteiger partial charge >= 0.3 is 0 Å². The second-order valence-corrected chi connectivity index (χ2v) is 7.09. The predicted octanol–water partition coefficient (Wildman–Crippen LogP) is 2.45. The molecule has 1 fully saturated rings. The van der Waals surface area contributed by atoms with Crippen molar-refractivity contribution in [1.82, 2.24) is 15.2 Å². The number of carbonyl (C=O) groups is 2. The summed E-state index contributed by atoms with van der Waals surface area (Å²) in [5, 5.41) is 5.25. The fourth-order valence-electron chi connectivity index (χ4n) is 2.77. The van der Waals surface area contributed by atoms with Gasteiger partial charge < -0.3 is 10.2 Å². The first-order valence-corrected chi connectivity index (χ1v) is 9.02. The van der Waals surface area contributed by atoms with Gasteiger partial charge in [-0.2, -0.15) is 0 Å². The molecule has 0 radical (unpaired) electrons. The monoisotopic (exact) mass is 343 g/mol. The zero-order valence-corrected chi connectivity index (χ0v) is 14.7. The third-order valence-electron chi connectivity index (χ3n) is 4.16. The zero-order chi connectivity index (χ0) is 17.1. The molecule has 2 amide bonds. The molecule has 1 N–H and O–H groups in total. The Labute approximate surface area is 145 Å². The Morgan fingerprint density at radius 3 is 2.79 bits per heavy atom. The first-order valence-electron chi connectivity index (χ1n) is 8.14. The van der Waals surface area contributed by atoms with Crippen LogP contribution in [0.5, 0.6) is 0 Å². The van der Waals surface area contributed by atoms with Crippen molar-refractivity contribution in [2.24, 2.45) is 0 Å². The lowest BCUT2D eigenvalue weighted by Gasteiger charge is -2.34. The molecule has 1 unspecified atom stereocenters. The summed E-state index contributed by atoms with van der Waals surface area (Å²) in [5.74, 6) is 0.0364. The Kier molecular flexibility index (Phi) is 4.94. The van der Waals surface area contributed by atoms with Gasteiger partial charge in [-0.05, 0) is 11.5 Å². The quantitative estimate of drug-likeness (QED) is 0.927. The minimum absolute atomic E-state index is 0.0981. The maximum Gasteiger partial charge on any atom is 0.283 e. The van der Waals surface area contributed by atoms with Crippen LogP contribution in [0.2, 0.25) is 0 Å². The molecule has 6 heteroatoms. The summed E-state index contributed by atoms with van der Waals surface area (Å²) in [5.41, 5.74) is 1.96. The molecule has 126 valence electrons. The van der Waals surface area contributed by atoms with E-state index in [4.69, 9.17) is 0 Å². The molecule has 0 spiro atoms. The Bertz CT molecular complexity index is 727. The minimum Gasteiger partial charge on any atom is -0.353 e. The van der Waals surface area contributed by atoms with Crippen LogP contribution in [0.4, 0.5) is 0 Å². The Balaban J connectivity index is 1.82. The third-order valence-corrected chi connectivity index (χ3v) is 5.01. The Hall–Kier alpha value is -2.21. The van der Waals surface area contributed by atoms with Crippen LogP contribution in [0.15, 0.2) is 35.7 Å². The van der Waals surface area contributed by atoms with Crippen LogP contribution in [-0.4, -0.2) is 40.8 Å². The standard InChI is InChI=1S/C18H21N3O2S/c1-12(2)14-11-24-17(20-14)18(23)21-9-8-19-16(22)15(21)10-13-6-4-3-5-7-13/h3-7,11-12,15H,8-10H2,1-2H3,(H,19,22). The summed E-state index contributed by atoms with van der Waals surface area (Å²) in [7, 11) is 0. The highest BCUT2D eigenvalue weighted by molar-refractivity contribution is 7.11. The van der Waals surface area contributed by atoms with Crippen LogP contribution in [0.1, 0.15) is 40.8 Å². The van der Waals surface area contributed by atoms with Crippen LogP contribution in [0.25, 0.3) is 0 Å². The van der Waals surface area contributed by atoms with Crippen LogP contribution in [0, 0.1) is 0 Å². The van der Waals surface area contributed by atoms with E-state index in [0.29, 0.717) is 24.5 Å². The van der Waals surface area contributed by atoms with Gasteiger partial charge in [-0.3, -0.25) is 9.59 Å². The summed E-state index contributed by atoms with van der Waals surface area (Å²) < 4.78 is 0. The number of hydrogen-bond acceptors (Lipinski definition) is 4. The largest absolute Gasteiger partial charge is 0.353 e. The van der Waals surface area contributed by atoms with E-state index in [2.05, 4.69) is 24.1 Å². The average molecular weight is 343 g/mol. The molecular formula is C18H21N3O2S. The second kappa shape index (κ2) is 7.13. The maximum atomic E-state index is 12.9. The Morgan fingerprint density at radius 2 is 2.12 bits per heavy atom. The van der Waals surface area contributed by atoms with Crippen molar-refractivity contribution < 1.29 is 9.59 Å².